The second kappa shape index (κ2) is 5.45. The molecule has 2 aromatic rings. The lowest BCUT2D eigenvalue weighted by atomic mass is 9.80. The Bertz CT molecular complexity index is 597. The molecule has 20 heavy (non-hydrogen) atoms. The van der Waals surface area contributed by atoms with Crippen LogP contribution >= 0.6 is 0 Å². The Kier molecular flexibility index (Phi) is 3.66. The van der Waals surface area contributed by atoms with Crippen LogP contribution in [-0.4, -0.2) is 18.8 Å². The number of hydrogen-bond acceptors (Lipinski definition) is 2. The van der Waals surface area contributed by atoms with Crippen LogP contribution in [0.15, 0.2) is 36.4 Å². The van der Waals surface area contributed by atoms with Crippen molar-refractivity contribution in [2.75, 3.05) is 13.7 Å². The Morgan fingerprint density at radius 2 is 1.85 bits per heavy atom. The largest absolute Gasteiger partial charge is 0.507 e. The summed E-state index contributed by atoms with van der Waals surface area (Å²) in [6.07, 6.45) is 5.87. The molecule has 0 unspecified atom stereocenters. The van der Waals surface area contributed by atoms with E-state index >= 15 is 0 Å². The molecule has 1 N–H and O–H groups in total. The second-order valence-corrected chi connectivity index (χ2v) is 6.11. The molecule has 0 radical (unpaired) electrons. The van der Waals surface area contributed by atoms with Gasteiger partial charge in [0.1, 0.15) is 5.75 Å². The first-order valence-electron chi connectivity index (χ1n) is 7.43. The Labute approximate surface area is 120 Å². The van der Waals surface area contributed by atoms with Crippen molar-refractivity contribution in [3.63, 3.8) is 0 Å². The van der Waals surface area contributed by atoms with E-state index < -0.39 is 0 Å². The van der Waals surface area contributed by atoms with E-state index in [1.807, 2.05) is 24.3 Å². The van der Waals surface area contributed by atoms with Crippen LogP contribution in [-0.2, 0) is 11.2 Å². The number of phenols is 1. The first-order valence-corrected chi connectivity index (χ1v) is 7.43. The summed E-state index contributed by atoms with van der Waals surface area (Å²) in [5, 5.41) is 12.6. The minimum atomic E-state index is 0.217. The normalized spacial score (nSPS) is 17.6. The van der Waals surface area contributed by atoms with Crippen LogP contribution in [0, 0.1) is 5.41 Å². The summed E-state index contributed by atoms with van der Waals surface area (Å²) in [4.78, 5) is 0. The predicted octanol–water partition coefficient (Wildman–Crippen LogP) is 4.29. The van der Waals surface area contributed by atoms with Gasteiger partial charge in [0.25, 0.3) is 0 Å². The Morgan fingerprint density at radius 3 is 2.60 bits per heavy atom. The van der Waals surface area contributed by atoms with Gasteiger partial charge >= 0.3 is 0 Å². The van der Waals surface area contributed by atoms with Gasteiger partial charge in [-0.1, -0.05) is 49.2 Å². The molecular weight excluding hydrogens is 248 g/mol. The summed E-state index contributed by atoms with van der Waals surface area (Å²) < 4.78 is 5.45. The van der Waals surface area contributed by atoms with Gasteiger partial charge in [0, 0.05) is 12.5 Å². The lowest BCUT2D eigenvalue weighted by Gasteiger charge is -2.28. The van der Waals surface area contributed by atoms with Crippen LogP contribution in [0.25, 0.3) is 10.8 Å². The number of phenolic OH excluding ortho intramolecular Hbond substituents is 1. The fourth-order valence-electron chi connectivity index (χ4n) is 3.65. The summed E-state index contributed by atoms with van der Waals surface area (Å²) in [7, 11) is 1.78. The molecule has 0 aliphatic heterocycles. The smallest absolute Gasteiger partial charge is 0.126 e. The van der Waals surface area contributed by atoms with Crippen LogP contribution in [0.2, 0.25) is 0 Å². The lowest BCUT2D eigenvalue weighted by molar-refractivity contribution is 0.0830. The van der Waals surface area contributed by atoms with E-state index in [0.29, 0.717) is 5.75 Å². The van der Waals surface area contributed by atoms with E-state index in [9.17, 15) is 5.11 Å². The number of fused-ring (bicyclic) bond motifs is 1. The highest BCUT2D eigenvalue weighted by Gasteiger charge is 2.34. The summed E-state index contributed by atoms with van der Waals surface area (Å²) in [5.41, 5.74) is 1.27. The second-order valence-electron chi connectivity index (χ2n) is 6.11. The number of ether oxygens (including phenoxy) is 1. The van der Waals surface area contributed by atoms with Crippen LogP contribution in [0.4, 0.5) is 0 Å². The molecule has 0 spiro atoms. The van der Waals surface area contributed by atoms with Gasteiger partial charge in [-0.25, -0.2) is 0 Å². The van der Waals surface area contributed by atoms with E-state index in [1.165, 1.54) is 25.7 Å². The third-order valence-corrected chi connectivity index (χ3v) is 4.66. The predicted molar refractivity (Wildman–Crippen MR) is 82.1 cm³/mol. The van der Waals surface area contributed by atoms with E-state index in [0.717, 1.165) is 29.4 Å². The van der Waals surface area contributed by atoms with Gasteiger partial charge in [0.05, 0.1) is 6.61 Å². The summed E-state index contributed by atoms with van der Waals surface area (Å²) in [6.45, 7) is 0.791. The van der Waals surface area contributed by atoms with E-state index in [-0.39, 0.29) is 5.41 Å². The van der Waals surface area contributed by atoms with Crippen molar-refractivity contribution in [1.29, 1.82) is 0 Å². The standard InChI is InChI=1S/C18H22O2/c1-20-13-18(10-4-5-11-18)12-15-9-8-14-6-2-3-7-16(14)17(15)19/h2-3,6-9,19H,4-5,10-13H2,1H3. The first-order chi connectivity index (χ1) is 9.74. The van der Waals surface area contributed by atoms with Crippen LogP contribution < -0.4 is 0 Å². The van der Waals surface area contributed by atoms with Crippen molar-refractivity contribution < 1.29 is 9.84 Å². The average Bonchev–Trinajstić information content (AvgIpc) is 2.91. The molecule has 1 saturated carbocycles. The van der Waals surface area contributed by atoms with Gasteiger partial charge in [0.15, 0.2) is 0 Å². The van der Waals surface area contributed by atoms with Gasteiger partial charge < -0.3 is 9.84 Å². The van der Waals surface area contributed by atoms with Crippen molar-refractivity contribution >= 4 is 10.8 Å². The molecule has 3 rings (SSSR count). The average molecular weight is 270 g/mol. The van der Waals surface area contributed by atoms with Gasteiger partial charge in [-0.2, -0.15) is 0 Å². The molecule has 0 bridgehead atoms. The lowest BCUT2D eigenvalue weighted by Crippen LogP contribution is -2.25. The third-order valence-electron chi connectivity index (χ3n) is 4.66. The minimum absolute atomic E-state index is 0.217. The van der Waals surface area contributed by atoms with E-state index in [1.54, 1.807) is 7.11 Å². The molecule has 1 aliphatic rings. The highest BCUT2D eigenvalue weighted by atomic mass is 16.5. The zero-order valence-electron chi connectivity index (χ0n) is 12.1. The monoisotopic (exact) mass is 270 g/mol. The Morgan fingerprint density at radius 1 is 1.10 bits per heavy atom. The molecule has 0 amide bonds. The molecule has 0 heterocycles. The molecule has 0 atom stereocenters. The molecule has 2 aromatic carbocycles. The zero-order valence-corrected chi connectivity index (χ0v) is 12.1. The van der Waals surface area contributed by atoms with Crippen molar-refractivity contribution in [3.8, 4) is 5.75 Å². The zero-order chi connectivity index (χ0) is 14.0. The maximum atomic E-state index is 10.6. The fraction of sp³-hybridized carbons (Fsp3) is 0.444. The Hall–Kier alpha value is -1.54. The van der Waals surface area contributed by atoms with Crippen molar-refractivity contribution in [2.24, 2.45) is 5.41 Å². The molecular formula is C18H22O2. The van der Waals surface area contributed by atoms with Crippen molar-refractivity contribution in [1.82, 2.24) is 0 Å². The molecule has 2 heteroatoms. The number of methoxy groups -OCH3 is 1. The topological polar surface area (TPSA) is 29.5 Å². The van der Waals surface area contributed by atoms with Crippen LogP contribution in [0.5, 0.6) is 5.75 Å². The highest BCUT2D eigenvalue weighted by molar-refractivity contribution is 5.89. The van der Waals surface area contributed by atoms with Gasteiger partial charge in [-0.3, -0.25) is 0 Å². The van der Waals surface area contributed by atoms with Gasteiger partial charge in [0.2, 0.25) is 0 Å². The van der Waals surface area contributed by atoms with E-state index in [4.69, 9.17) is 4.74 Å². The molecule has 1 aliphatic carbocycles. The van der Waals surface area contributed by atoms with Gasteiger partial charge in [-0.05, 0) is 35.6 Å². The first kappa shape index (κ1) is 13.4. The number of rotatable bonds is 4. The van der Waals surface area contributed by atoms with Gasteiger partial charge in [-0.15, -0.1) is 0 Å². The summed E-state index contributed by atoms with van der Waals surface area (Å²) >= 11 is 0. The molecule has 0 aromatic heterocycles. The fourth-order valence-corrected chi connectivity index (χ4v) is 3.65. The summed E-state index contributed by atoms with van der Waals surface area (Å²) in [5.74, 6) is 0.450. The molecule has 2 nitrogen and oxygen atoms in total. The SMILES string of the molecule is COCC1(Cc2ccc3ccccc3c2O)CCCC1. The van der Waals surface area contributed by atoms with Crippen LogP contribution in [0.3, 0.4) is 0 Å². The summed E-state index contributed by atoms with van der Waals surface area (Å²) in [6, 6.07) is 12.2. The van der Waals surface area contributed by atoms with E-state index in [2.05, 4.69) is 12.1 Å². The Balaban J connectivity index is 1.95. The van der Waals surface area contributed by atoms with Crippen LogP contribution in [0.1, 0.15) is 31.2 Å². The molecule has 1 fully saturated rings. The maximum Gasteiger partial charge on any atom is 0.126 e. The molecule has 0 saturated heterocycles. The number of aromatic hydroxyl groups is 1. The quantitative estimate of drug-likeness (QED) is 0.897. The van der Waals surface area contributed by atoms with Crippen molar-refractivity contribution in [3.05, 3.63) is 42.0 Å². The maximum absolute atomic E-state index is 10.6. The highest BCUT2D eigenvalue weighted by Crippen LogP contribution is 2.43. The van der Waals surface area contributed by atoms with Crippen molar-refractivity contribution in [2.45, 2.75) is 32.1 Å². The number of hydrogen-bond donors (Lipinski definition) is 1. The molecule has 106 valence electrons. The number of benzene rings is 2. The third kappa shape index (κ3) is 2.40. The minimum Gasteiger partial charge on any atom is -0.507 e.